The summed E-state index contributed by atoms with van der Waals surface area (Å²) >= 11 is 1.29. The van der Waals surface area contributed by atoms with Gasteiger partial charge in [0.15, 0.2) is 5.13 Å². The lowest BCUT2D eigenvalue weighted by Crippen LogP contribution is -2.15. The molecule has 2 aromatic carbocycles. The van der Waals surface area contributed by atoms with Crippen molar-refractivity contribution in [2.45, 2.75) is 6.92 Å². The van der Waals surface area contributed by atoms with Gasteiger partial charge in [-0.15, -0.1) is 11.3 Å². The largest absolute Gasteiger partial charge is 0.495 e. The second kappa shape index (κ2) is 8.53. The van der Waals surface area contributed by atoms with Crippen LogP contribution in [-0.4, -0.2) is 31.1 Å². The molecule has 0 spiro atoms. The quantitative estimate of drug-likeness (QED) is 0.605. The van der Waals surface area contributed by atoms with Gasteiger partial charge in [-0.05, 0) is 36.8 Å². The molecule has 7 nitrogen and oxygen atoms in total. The van der Waals surface area contributed by atoms with Crippen LogP contribution in [0.3, 0.4) is 0 Å². The third-order valence-electron chi connectivity index (χ3n) is 3.91. The molecule has 1 heterocycles. The molecule has 0 saturated heterocycles. The van der Waals surface area contributed by atoms with Gasteiger partial charge < -0.3 is 20.1 Å². The van der Waals surface area contributed by atoms with Gasteiger partial charge in [-0.2, -0.15) is 0 Å². The molecule has 0 radical (unpaired) electrons. The van der Waals surface area contributed by atoms with Crippen LogP contribution >= 0.6 is 11.3 Å². The van der Waals surface area contributed by atoms with Crippen molar-refractivity contribution < 1.29 is 19.1 Å². The van der Waals surface area contributed by atoms with E-state index < -0.39 is 11.9 Å². The molecule has 0 fully saturated rings. The molecule has 28 heavy (non-hydrogen) atoms. The Bertz CT molecular complexity index is 1020. The Morgan fingerprint density at radius 2 is 1.86 bits per heavy atom. The number of nitrogens with zero attached hydrogens (tertiary/aromatic N) is 1. The second-order valence-corrected chi connectivity index (χ2v) is 6.72. The lowest BCUT2D eigenvalue weighted by Gasteiger charge is -2.10. The van der Waals surface area contributed by atoms with E-state index in [-0.39, 0.29) is 11.3 Å². The fourth-order valence-electron chi connectivity index (χ4n) is 2.54. The van der Waals surface area contributed by atoms with Crippen molar-refractivity contribution in [3.05, 3.63) is 64.7 Å². The predicted octanol–water partition coefficient (Wildman–Crippen LogP) is 4.24. The van der Waals surface area contributed by atoms with Crippen molar-refractivity contribution in [2.24, 2.45) is 0 Å². The van der Waals surface area contributed by atoms with Gasteiger partial charge in [-0.1, -0.05) is 18.2 Å². The maximum Gasteiger partial charge on any atom is 0.339 e. The second-order valence-electron chi connectivity index (χ2n) is 5.86. The molecule has 1 aromatic heterocycles. The highest BCUT2D eigenvalue weighted by Crippen LogP contribution is 2.30. The zero-order chi connectivity index (χ0) is 20.1. The number of thiazole rings is 1. The van der Waals surface area contributed by atoms with E-state index >= 15 is 0 Å². The summed E-state index contributed by atoms with van der Waals surface area (Å²) in [6.07, 6.45) is 0. The molecule has 1 amide bonds. The minimum absolute atomic E-state index is 0.235. The Morgan fingerprint density at radius 3 is 2.61 bits per heavy atom. The molecule has 2 N–H and O–H groups in total. The number of nitrogens with one attached hydrogen (secondary N) is 2. The Morgan fingerprint density at radius 1 is 1.07 bits per heavy atom. The molecule has 0 saturated carbocycles. The topological polar surface area (TPSA) is 89.5 Å². The third kappa shape index (κ3) is 4.29. The summed E-state index contributed by atoms with van der Waals surface area (Å²) in [5.74, 6) is -0.265. The number of hydrogen-bond acceptors (Lipinski definition) is 7. The number of carbonyl (C=O) groups excluding carboxylic acids is 2. The van der Waals surface area contributed by atoms with Crippen LogP contribution in [0.5, 0.6) is 5.75 Å². The summed E-state index contributed by atoms with van der Waals surface area (Å²) < 4.78 is 10.1. The zero-order valence-corrected chi connectivity index (χ0v) is 16.4. The number of hydrogen-bond donors (Lipinski definition) is 2. The van der Waals surface area contributed by atoms with Crippen molar-refractivity contribution in [1.82, 2.24) is 4.98 Å². The van der Waals surface area contributed by atoms with Crippen LogP contribution in [0.15, 0.2) is 47.8 Å². The Balaban J connectivity index is 1.77. The first-order chi connectivity index (χ1) is 13.5. The molecular formula is C20H19N3O4S. The highest BCUT2D eigenvalue weighted by atomic mass is 32.1. The van der Waals surface area contributed by atoms with Gasteiger partial charge in [0, 0.05) is 5.38 Å². The van der Waals surface area contributed by atoms with Gasteiger partial charge in [-0.3, -0.25) is 4.79 Å². The van der Waals surface area contributed by atoms with Gasteiger partial charge in [0.1, 0.15) is 11.4 Å². The van der Waals surface area contributed by atoms with Crippen LogP contribution in [0, 0.1) is 6.92 Å². The monoisotopic (exact) mass is 397 g/mol. The van der Waals surface area contributed by atoms with Crippen LogP contribution in [0.25, 0.3) is 0 Å². The van der Waals surface area contributed by atoms with Gasteiger partial charge in [0.25, 0.3) is 5.91 Å². The van der Waals surface area contributed by atoms with Crippen molar-refractivity contribution in [2.75, 3.05) is 24.9 Å². The van der Waals surface area contributed by atoms with E-state index in [0.29, 0.717) is 16.6 Å². The number of carbonyl (C=O) groups is 2. The van der Waals surface area contributed by atoms with E-state index in [0.717, 1.165) is 11.3 Å². The van der Waals surface area contributed by atoms with E-state index in [2.05, 4.69) is 15.6 Å². The number of rotatable bonds is 6. The molecule has 0 aliphatic heterocycles. The fourth-order valence-corrected chi connectivity index (χ4v) is 3.24. The molecule has 0 aliphatic rings. The molecule has 3 aromatic rings. The first-order valence-corrected chi connectivity index (χ1v) is 9.25. The summed E-state index contributed by atoms with van der Waals surface area (Å²) in [4.78, 5) is 28.7. The number of anilines is 3. The van der Waals surface area contributed by atoms with E-state index in [9.17, 15) is 9.59 Å². The number of methoxy groups -OCH3 is 2. The van der Waals surface area contributed by atoms with Crippen molar-refractivity contribution in [1.29, 1.82) is 0 Å². The number of ether oxygens (including phenoxy) is 2. The van der Waals surface area contributed by atoms with E-state index in [4.69, 9.17) is 9.47 Å². The van der Waals surface area contributed by atoms with Crippen LogP contribution in [-0.2, 0) is 4.74 Å². The number of para-hydroxylation sites is 1. The zero-order valence-electron chi connectivity index (χ0n) is 15.6. The standard InChI is InChI=1S/C20H19N3O4S/c1-12-8-9-17(26-2)15(10-12)22-20-23-16(11-28-20)18(24)21-14-7-5-4-6-13(14)19(25)27-3/h4-11H,1-3H3,(H,21,24)(H,22,23). The van der Waals surface area contributed by atoms with Crippen molar-refractivity contribution >= 4 is 39.7 Å². The number of amides is 1. The average Bonchev–Trinajstić information content (AvgIpc) is 3.16. The normalized spacial score (nSPS) is 10.2. The van der Waals surface area contributed by atoms with Gasteiger partial charge >= 0.3 is 5.97 Å². The first kappa shape index (κ1) is 19.4. The molecule has 0 bridgehead atoms. The summed E-state index contributed by atoms with van der Waals surface area (Å²) in [5.41, 5.74) is 2.70. The Labute approximate surface area is 166 Å². The number of aromatic nitrogens is 1. The summed E-state index contributed by atoms with van der Waals surface area (Å²) in [6.45, 7) is 1.98. The summed E-state index contributed by atoms with van der Waals surface area (Å²) in [6, 6.07) is 12.4. The number of benzene rings is 2. The lowest BCUT2D eigenvalue weighted by molar-refractivity contribution is 0.0602. The Kier molecular flexibility index (Phi) is 5.90. The molecular weight excluding hydrogens is 378 g/mol. The van der Waals surface area contributed by atoms with Crippen LogP contribution < -0.4 is 15.4 Å². The highest BCUT2D eigenvalue weighted by Gasteiger charge is 2.16. The predicted molar refractivity (Wildman–Crippen MR) is 109 cm³/mol. The summed E-state index contributed by atoms with van der Waals surface area (Å²) in [7, 11) is 2.88. The summed E-state index contributed by atoms with van der Waals surface area (Å²) in [5, 5.41) is 8.06. The number of esters is 1. The van der Waals surface area contributed by atoms with E-state index in [1.807, 2.05) is 25.1 Å². The van der Waals surface area contributed by atoms with Crippen molar-refractivity contribution in [3.63, 3.8) is 0 Å². The maximum atomic E-state index is 12.5. The van der Waals surface area contributed by atoms with Crippen LogP contribution in [0.2, 0.25) is 0 Å². The molecule has 0 aliphatic carbocycles. The molecule has 8 heteroatoms. The van der Waals surface area contributed by atoms with Crippen LogP contribution in [0.4, 0.5) is 16.5 Å². The molecule has 3 rings (SSSR count). The Hall–Kier alpha value is -3.39. The fraction of sp³-hybridized carbons (Fsp3) is 0.150. The lowest BCUT2D eigenvalue weighted by atomic mass is 10.2. The SMILES string of the molecule is COC(=O)c1ccccc1NC(=O)c1csc(Nc2cc(C)ccc2OC)n1. The first-order valence-electron chi connectivity index (χ1n) is 8.37. The number of aryl methyl sites for hydroxylation is 1. The van der Waals surface area contributed by atoms with E-state index in [1.165, 1.54) is 18.4 Å². The van der Waals surface area contributed by atoms with Gasteiger partial charge in [0.2, 0.25) is 0 Å². The van der Waals surface area contributed by atoms with Gasteiger partial charge in [0.05, 0.1) is 31.2 Å². The van der Waals surface area contributed by atoms with E-state index in [1.54, 1.807) is 36.8 Å². The van der Waals surface area contributed by atoms with Crippen molar-refractivity contribution in [3.8, 4) is 5.75 Å². The third-order valence-corrected chi connectivity index (χ3v) is 4.67. The molecule has 0 atom stereocenters. The molecule has 0 unspecified atom stereocenters. The average molecular weight is 397 g/mol. The van der Waals surface area contributed by atoms with Gasteiger partial charge in [-0.25, -0.2) is 9.78 Å². The minimum atomic E-state index is -0.525. The smallest absolute Gasteiger partial charge is 0.339 e. The highest BCUT2D eigenvalue weighted by molar-refractivity contribution is 7.14. The molecule has 144 valence electrons. The maximum absolute atomic E-state index is 12.5. The minimum Gasteiger partial charge on any atom is -0.495 e. The van der Waals surface area contributed by atoms with Crippen LogP contribution in [0.1, 0.15) is 26.4 Å².